The van der Waals surface area contributed by atoms with Crippen LogP contribution < -0.4 is 0 Å². The van der Waals surface area contributed by atoms with E-state index in [2.05, 4.69) is 30.3 Å². The van der Waals surface area contributed by atoms with Gasteiger partial charge in [0.25, 0.3) is 0 Å². The van der Waals surface area contributed by atoms with E-state index >= 15 is 0 Å². The van der Waals surface area contributed by atoms with Crippen molar-refractivity contribution < 1.29 is 0 Å². The molecular formula is C23H31-. The average molecular weight is 308 g/mol. The Hall–Kier alpha value is -1.17. The van der Waals surface area contributed by atoms with Crippen LogP contribution in [0, 0.1) is 11.8 Å². The normalized spacial score (nSPS) is 21.0. The molecule has 0 bridgehead atoms. The summed E-state index contributed by atoms with van der Waals surface area (Å²) in [4.78, 5) is 0. The summed E-state index contributed by atoms with van der Waals surface area (Å²) in [6, 6.07) is 11.8. The summed E-state index contributed by atoms with van der Waals surface area (Å²) in [6.07, 6.45) is 17.2. The Morgan fingerprint density at radius 2 is 1.43 bits per heavy atom. The van der Waals surface area contributed by atoms with Crippen LogP contribution in [0.15, 0.2) is 30.3 Å². The minimum atomic E-state index is 0.942. The first kappa shape index (κ1) is 15.4. The van der Waals surface area contributed by atoms with E-state index in [1.807, 2.05) is 0 Å². The van der Waals surface area contributed by atoms with Gasteiger partial charge < -0.3 is 0 Å². The maximum absolute atomic E-state index is 2.59. The van der Waals surface area contributed by atoms with Gasteiger partial charge in [-0.1, -0.05) is 76.0 Å². The van der Waals surface area contributed by atoms with Crippen LogP contribution in [0.5, 0.6) is 0 Å². The standard InChI is InChI=1S/C23H31/c1-3-9-18(10-4-1)15-20-17-21(16-19-11-5-2-6-12-19)23-14-8-7-13-22(20)23/h7-8,13-14,17-19H,1-6,9-12,15-16H2/q-1. The van der Waals surface area contributed by atoms with E-state index in [0.717, 1.165) is 11.8 Å². The fourth-order valence-corrected chi connectivity index (χ4v) is 5.15. The molecule has 0 N–H and O–H groups in total. The van der Waals surface area contributed by atoms with Gasteiger partial charge >= 0.3 is 0 Å². The highest BCUT2D eigenvalue weighted by atomic mass is 14.2. The van der Waals surface area contributed by atoms with Gasteiger partial charge in [-0.15, -0.1) is 46.8 Å². The van der Waals surface area contributed by atoms with Crippen LogP contribution in [0.1, 0.15) is 75.3 Å². The molecule has 0 saturated heterocycles. The van der Waals surface area contributed by atoms with Crippen molar-refractivity contribution in [2.75, 3.05) is 0 Å². The highest BCUT2D eigenvalue weighted by Crippen LogP contribution is 2.35. The minimum absolute atomic E-state index is 0.942. The van der Waals surface area contributed by atoms with E-state index in [-0.39, 0.29) is 0 Å². The molecule has 0 nitrogen and oxygen atoms in total. The molecule has 23 heavy (non-hydrogen) atoms. The van der Waals surface area contributed by atoms with Crippen molar-refractivity contribution in [1.82, 2.24) is 0 Å². The van der Waals surface area contributed by atoms with E-state index < -0.39 is 0 Å². The van der Waals surface area contributed by atoms with Gasteiger partial charge in [0.2, 0.25) is 0 Å². The molecule has 2 aliphatic rings. The molecule has 0 heteroatoms. The van der Waals surface area contributed by atoms with Crippen molar-refractivity contribution >= 4 is 10.8 Å². The van der Waals surface area contributed by atoms with Gasteiger partial charge in [-0.3, -0.25) is 0 Å². The van der Waals surface area contributed by atoms with Crippen molar-refractivity contribution in [2.45, 2.75) is 77.0 Å². The molecule has 0 aliphatic heterocycles. The Morgan fingerprint density at radius 3 is 2.13 bits per heavy atom. The van der Waals surface area contributed by atoms with Crippen molar-refractivity contribution in [3.63, 3.8) is 0 Å². The number of fused-ring (bicyclic) bond motifs is 1. The number of hydrogen-bond acceptors (Lipinski definition) is 0. The van der Waals surface area contributed by atoms with E-state index in [1.54, 1.807) is 21.9 Å². The molecule has 4 rings (SSSR count). The first-order valence-corrected chi connectivity index (χ1v) is 10.1. The first-order valence-electron chi connectivity index (χ1n) is 10.1. The lowest BCUT2D eigenvalue weighted by Gasteiger charge is -2.23. The number of benzene rings is 1. The lowest BCUT2D eigenvalue weighted by atomic mass is 9.84. The van der Waals surface area contributed by atoms with E-state index in [1.165, 1.54) is 77.0 Å². The topological polar surface area (TPSA) is 0 Å². The SMILES string of the molecule is c1cc[c-]2c(CC3CCCCC3)cc(CC3CCCCC3)c2c1. The Bertz CT molecular complexity index is 567. The molecule has 2 aromatic carbocycles. The summed E-state index contributed by atoms with van der Waals surface area (Å²) in [7, 11) is 0. The van der Waals surface area contributed by atoms with Crippen LogP contribution in [-0.2, 0) is 12.8 Å². The molecule has 2 saturated carbocycles. The van der Waals surface area contributed by atoms with Crippen molar-refractivity contribution in [3.8, 4) is 0 Å². The maximum Gasteiger partial charge on any atom is -0.0386 e. The lowest BCUT2D eigenvalue weighted by molar-refractivity contribution is 0.355. The molecule has 0 radical (unpaired) electrons. The van der Waals surface area contributed by atoms with Gasteiger partial charge in [-0.2, -0.15) is 0 Å². The van der Waals surface area contributed by atoms with E-state index in [9.17, 15) is 0 Å². The Balaban J connectivity index is 1.57. The second-order valence-electron chi connectivity index (χ2n) is 8.16. The predicted octanol–water partition coefficient (Wildman–Crippen LogP) is 6.80. The summed E-state index contributed by atoms with van der Waals surface area (Å²) in [5.41, 5.74) is 3.30. The van der Waals surface area contributed by atoms with Crippen molar-refractivity contribution in [3.05, 3.63) is 41.5 Å². The van der Waals surface area contributed by atoms with Crippen LogP contribution in [0.2, 0.25) is 0 Å². The zero-order valence-electron chi connectivity index (χ0n) is 14.5. The van der Waals surface area contributed by atoms with Crippen LogP contribution >= 0.6 is 0 Å². The zero-order valence-corrected chi connectivity index (χ0v) is 14.5. The van der Waals surface area contributed by atoms with Gasteiger partial charge in [0.15, 0.2) is 0 Å². The van der Waals surface area contributed by atoms with E-state index in [0.29, 0.717) is 0 Å². The monoisotopic (exact) mass is 307 g/mol. The predicted molar refractivity (Wildman–Crippen MR) is 100 cm³/mol. The zero-order chi connectivity index (χ0) is 15.5. The molecule has 0 heterocycles. The van der Waals surface area contributed by atoms with Crippen LogP contribution in [0.3, 0.4) is 0 Å². The molecular weight excluding hydrogens is 276 g/mol. The third-order valence-corrected chi connectivity index (χ3v) is 6.43. The van der Waals surface area contributed by atoms with Crippen LogP contribution in [0.4, 0.5) is 0 Å². The van der Waals surface area contributed by atoms with E-state index in [4.69, 9.17) is 0 Å². The first-order chi connectivity index (χ1) is 11.4. The fourth-order valence-electron chi connectivity index (χ4n) is 5.15. The summed E-state index contributed by atoms with van der Waals surface area (Å²) >= 11 is 0. The Labute approximate surface area is 141 Å². The molecule has 0 atom stereocenters. The summed E-state index contributed by atoms with van der Waals surface area (Å²) in [5, 5.41) is 3.12. The Morgan fingerprint density at radius 1 is 0.783 bits per heavy atom. The average Bonchev–Trinajstić information content (AvgIpc) is 2.95. The van der Waals surface area contributed by atoms with Crippen LogP contribution in [0.25, 0.3) is 10.8 Å². The quantitative estimate of drug-likeness (QED) is 0.545. The lowest BCUT2D eigenvalue weighted by Crippen LogP contribution is -2.09. The summed E-state index contributed by atoms with van der Waals surface area (Å²) < 4.78 is 0. The van der Waals surface area contributed by atoms with Gasteiger partial charge in [0.05, 0.1) is 0 Å². The molecule has 2 aliphatic carbocycles. The largest absolute Gasteiger partial charge is 0.145 e. The number of hydrogen-bond donors (Lipinski definition) is 0. The molecule has 0 spiro atoms. The highest BCUT2D eigenvalue weighted by molar-refractivity contribution is 5.91. The molecule has 0 aromatic heterocycles. The van der Waals surface area contributed by atoms with Gasteiger partial charge in [0.1, 0.15) is 0 Å². The Kier molecular flexibility index (Phi) is 4.78. The van der Waals surface area contributed by atoms with Gasteiger partial charge in [0, 0.05) is 0 Å². The summed E-state index contributed by atoms with van der Waals surface area (Å²) in [6.45, 7) is 0. The van der Waals surface area contributed by atoms with Gasteiger partial charge in [-0.05, 0) is 18.3 Å². The third-order valence-electron chi connectivity index (χ3n) is 6.43. The fraction of sp³-hybridized carbons (Fsp3) is 0.609. The molecule has 2 aromatic rings. The number of rotatable bonds is 4. The van der Waals surface area contributed by atoms with Crippen molar-refractivity contribution in [2.24, 2.45) is 11.8 Å². The molecule has 0 unspecified atom stereocenters. The smallest absolute Gasteiger partial charge is 0.0386 e. The van der Waals surface area contributed by atoms with Gasteiger partial charge in [-0.25, -0.2) is 0 Å². The van der Waals surface area contributed by atoms with Crippen LogP contribution in [-0.4, -0.2) is 0 Å². The maximum atomic E-state index is 2.59. The molecule has 2 fully saturated rings. The second kappa shape index (κ2) is 7.16. The van der Waals surface area contributed by atoms with Crippen molar-refractivity contribution in [1.29, 1.82) is 0 Å². The minimum Gasteiger partial charge on any atom is -0.145 e. The second-order valence-corrected chi connectivity index (χ2v) is 8.16. The third kappa shape index (κ3) is 3.52. The summed E-state index contributed by atoms with van der Waals surface area (Å²) in [5.74, 6) is 1.88. The highest BCUT2D eigenvalue weighted by Gasteiger charge is 2.17. The molecule has 124 valence electrons. The molecule has 0 amide bonds.